The summed E-state index contributed by atoms with van der Waals surface area (Å²) in [6, 6.07) is 0. The fourth-order valence-electron chi connectivity index (χ4n) is 2.20. The minimum absolute atomic E-state index is 0.127. The molecule has 0 amide bonds. The van der Waals surface area contributed by atoms with E-state index < -0.39 is 10.2 Å². The van der Waals surface area contributed by atoms with Gasteiger partial charge in [0, 0.05) is 19.6 Å². The third kappa shape index (κ3) is 6.18. The Morgan fingerprint density at radius 3 is 2.47 bits per heavy atom. The summed E-state index contributed by atoms with van der Waals surface area (Å²) in [5.74, 6) is 0.584. The van der Waals surface area contributed by atoms with Crippen molar-refractivity contribution in [2.45, 2.75) is 32.8 Å². The highest BCUT2D eigenvalue weighted by Crippen LogP contribution is 2.18. The second-order valence-corrected chi connectivity index (χ2v) is 6.97. The van der Waals surface area contributed by atoms with Crippen molar-refractivity contribution >= 4 is 10.2 Å². The first kappa shape index (κ1) is 16.8. The zero-order chi connectivity index (χ0) is 14.3. The summed E-state index contributed by atoms with van der Waals surface area (Å²) in [7, 11) is -1.41. The van der Waals surface area contributed by atoms with Crippen LogP contribution in [-0.4, -0.2) is 58.7 Å². The second-order valence-electron chi connectivity index (χ2n) is 5.22. The third-order valence-corrected chi connectivity index (χ3v) is 4.86. The molecule has 1 saturated heterocycles. The van der Waals surface area contributed by atoms with Gasteiger partial charge in [0.25, 0.3) is 10.2 Å². The Morgan fingerprint density at radius 2 is 1.95 bits per heavy atom. The maximum absolute atomic E-state index is 12.0. The minimum atomic E-state index is -3.34. The van der Waals surface area contributed by atoms with Gasteiger partial charge in [-0.2, -0.15) is 17.4 Å². The van der Waals surface area contributed by atoms with E-state index in [0.29, 0.717) is 32.2 Å². The standard InChI is InChI=1S/C12H27N3O3S/c1-11(2)18-9-6-14-19(16,17)15-7-4-12(5-8-15)10-13-3/h11-14H,4-10H2,1-3H3. The maximum Gasteiger partial charge on any atom is 0.279 e. The van der Waals surface area contributed by atoms with E-state index in [1.54, 1.807) is 0 Å². The van der Waals surface area contributed by atoms with E-state index in [1.165, 1.54) is 4.31 Å². The van der Waals surface area contributed by atoms with Crippen LogP contribution in [0.2, 0.25) is 0 Å². The Labute approximate surface area is 117 Å². The van der Waals surface area contributed by atoms with E-state index in [4.69, 9.17) is 4.74 Å². The van der Waals surface area contributed by atoms with Crippen molar-refractivity contribution in [2.24, 2.45) is 5.92 Å². The monoisotopic (exact) mass is 293 g/mol. The smallest absolute Gasteiger partial charge is 0.279 e. The zero-order valence-electron chi connectivity index (χ0n) is 12.2. The first-order valence-electron chi connectivity index (χ1n) is 6.96. The summed E-state index contributed by atoms with van der Waals surface area (Å²) >= 11 is 0. The lowest BCUT2D eigenvalue weighted by Gasteiger charge is -2.31. The Balaban J connectivity index is 2.30. The molecule has 0 radical (unpaired) electrons. The minimum Gasteiger partial charge on any atom is -0.377 e. The summed E-state index contributed by atoms with van der Waals surface area (Å²) in [6.45, 7) is 6.77. The molecule has 0 aromatic heterocycles. The van der Waals surface area contributed by atoms with Crippen molar-refractivity contribution in [1.82, 2.24) is 14.3 Å². The highest BCUT2D eigenvalue weighted by atomic mass is 32.2. The molecule has 0 aromatic carbocycles. The van der Waals surface area contributed by atoms with Gasteiger partial charge < -0.3 is 10.1 Å². The second kappa shape index (κ2) is 8.16. The van der Waals surface area contributed by atoms with Crippen LogP contribution in [-0.2, 0) is 14.9 Å². The normalized spacial score (nSPS) is 19.2. The van der Waals surface area contributed by atoms with E-state index in [0.717, 1.165) is 19.4 Å². The number of rotatable bonds is 8. The summed E-state index contributed by atoms with van der Waals surface area (Å²) in [5.41, 5.74) is 0. The van der Waals surface area contributed by atoms with Crippen LogP contribution in [0, 0.1) is 5.92 Å². The van der Waals surface area contributed by atoms with Crippen molar-refractivity contribution in [1.29, 1.82) is 0 Å². The van der Waals surface area contributed by atoms with E-state index in [2.05, 4.69) is 10.0 Å². The summed E-state index contributed by atoms with van der Waals surface area (Å²) in [6.07, 6.45) is 1.97. The van der Waals surface area contributed by atoms with Gasteiger partial charge in [0.15, 0.2) is 0 Å². The molecule has 1 rings (SSSR count). The molecular formula is C12H27N3O3S. The molecule has 1 heterocycles. The number of hydrogen-bond donors (Lipinski definition) is 2. The van der Waals surface area contributed by atoms with E-state index in [-0.39, 0.29) is 6.10 Å². The van der Waals surface area contributed by atoms with Crippen LogP contribution >= 0.6 is 0 Å². The van der Waals surface area contributed by atoms with Gasteiger partial charge in [-0.3, -0.25) is 0 Å². The Morgan fingerprint density at radius 1 is 1.32 bits per heavy atom. The Kier molecular flexibility index (Phi) is 7.23. The molecule has 0 spiro atoms. The van der Waals surface area contributed by atoms with Crippen LogP contribution in [0.5, 0.6) is 0 Å². The summed E-state index contributed by atoms with van der Waals surface area (Å²) in [5, 5.41) is 3.14. The number of ether oxygens (including phenoxy) is 1. The Bertz CT molecular complexity index is 338. The van der Waals surface area contributed by atoms with Crippen LogP contribution in [0.15, 0.2) is 0 Å². The third-order valence-electron chi connectivity index (χ3n) is 3.24. The van der Waals surface area contributed by atoms with Crippen molar-refractivity contribution in [3.05, 3.63) is 0 Å². The van der Waals surface area contributed by atoms with Gasteiger partial charge in [-0.25, -0.2) is 0 Å². The first-order chi connectivity index (χ1) is 8.95. The van der Waals surface area contributed by atoms with Crippen molar-refractivity contribution in [3.8, 4) is 0 Å². The topological polar surface area (TPSA) is 70.7 Å². The molecule has 114 valence electrons. The number of nitrogens with zero attached hydrogens (tertiary/aromatic N) is 1. The lowest BCUT2D eigenvalue weighted by atomic mass is 9.98. The molecule has 0 aliphatic carbocycles. The zero-order valence-corrected chi connectivity index (χ0v) is 13.0. The summed E-state index contributed by atoms with van der Waals surface area (Å²) < 4.78 is 33.5. The maximum atomic E-state index is 12.0. The SMILES string of the molecule is CNCC1CCN(S(=O)(=O)NCCOC(C)C)CC1. The highest BCUT2D eigenvalue weighted by molar-refractivity contribution is 7.87. The fourth-order valence-corrected chi connectivity index (χ4v) is 3.41. The van der Waals surface area contributed by atoms with E-state index >= 15 is 0 Å². The van der Waals surface area contributed by atoms with E-state index in [9.17, 15) is 8.42 Å². The average molecular weight is 293 g/mol. The van der Waals surface area contributed by atoms with Crippen LogP contribution < -0.4 is 10.0 Å². The largest absolute Gasteiger partial charge is 0.377 e. The van der Waals surface area contributed by atoms with Gasteiger partial charge in [-0.15, -0.1) is 0 Å². The van der Waals surface area contributed by atoms with Crippen LogP contribution in [0.25, 0.3) is 0 Å². The fraction of sp³-hybridized carbons (Fsp3) is 1.00. The van der Waals surface area contributed by atoms with Gasteiger partial charge in [0.1, 0.15) is 0 Å². The molecule has 0 atom stereocenters. The lowest BCUT2D eigenvalue weighted by Crippen LogP contribution is -2.46. The van der Waals surface area contributed by atoms with Crippen LogP contribution in [0.3, 0.4) is 0 Å². The molecule has 1 fully saturated rings. The molecule has 0 aromatic rings. The molecule has 0 saturated carbocycles. The molecule has 0 bridgehead atoms. The summed E-state index contributed by atoms with van der Waals surface area (Å²) in [4.78, 5) is 0. The quantitative estimate of drug-likeness (QED) is 0.626. The number of piperidine rings is 1. The number of nitrogens with one attached hydrogen (secondary N) is 2. The molecular weight excluding hydrogens is 266 g/mol. The molecule has 1 aliphatic heterocycles. The van der Waals surface area contributed by atoms with Crippen molar-refractivity contribution in [3.63, 3.8) is 0 Å². The van der Waals surface area contributed by atoms with Gasteiger partial charge in [0.05, 0.1) is 12.7 Å². The lowest BCUT2D eigenvalue weighted by molar-refractivity contribution is 0.0831. The van der Waals surface area contributed by atoms with Gasteiger partial charge in [-0.1, -0.05) is 0 Å². The first-order valence-corrected chi connectivity index (χ1v) is 8.40. The predicted octanol–water partition coefficient (Wildman–Crippen LogP) is 0.177. The van der Waals surface area contributed by atoms with Gasteiger partial charge in [-0.05, 0) is 46.2 Å². The van der Waals surface area contributed by atoms with Crippen LogP contribution in [0.1, 0.15) is 26.7 Å². The number of hydrogen-bond acceptors (Lipinski definition) is 4. The molecule has 19 heavy (non-hydrogen) atoms. The molecule has 2 N–H and O–H groups in total. The van der Waals surface area contributed by atoms with Crippen molar-refractivity contribution in [2.75, 3.05) is 39.8 Å². The predicted molar refractivity (Wildman–Crippen MR) is 76.2 cm³/mol. The van der Waals surface area contributed by atoms with Crippen molar-refractivity contribution < 1.29 is 13.2 Å². The van der Waals surface area contributed by atoms with Crippen LogP contribution in [0.4, 0.5) is 0 Å². The van der Waals surface area contributed by atoms with Gasteiger partial charge in [0.2, 0.25) is 0 Å². The molecule has 0 unspecified atom stereocenters. The Hall–Kier alpha value is -0.210. The highest BCUT2D eigenvalue weighted by Gasteiger charge is 2.27. The average Bonchev–Trinajstić information content (AvgIpc) is 2.36. The van der Waals surface area contributed by atoms with Gasteiger partial charge >= 0.3 is 0 Å². The molecule has 7 heteroatoms. The molecule has 6 nitrogen and oxygen atoms in total. The molecule has 1 aliphatic rings. The van der Waals surface area contributed by atoms with E-state index in [1.807, 2.05) is 20.9 Å².